The van der Waals surface area contributed by atoms with E-state index in [1.807, 2.05) is 0 Å². The Morgan fingerprint density at radius 2 is 1.76 bits per heavy atom. The molecular formula is C38H38Cl2N2O12S. The monoisotopic (exact) mass is 816 g/mol. The van der Waals surface area contributed by atoms with Crippen molar-refractivity contribution in [3.63, 3.8) is 0 Å². The van der Waals surface area contributed by atoms with Crippen LogP contribution in [-0.2, 0) is 57.7 Å². The highest BCUT2D eigenvalue weighted by Crippen LogP contribution is 2.35. The summed E-state index contributed by atoms with van der Waals surface area (Å²) in [6, 6.07) is 13.0. The summed E-state index contributed by atoms with van der Waals surface area (Å²) in [5.41, 5.74) is 2.58. The minimum Gasteiger partial charge on any atom is -0.464 e. The van der Waals surface area contributed by atoms with Gasteiger partial charge in [0.1, 0.15) is 18.2 Å². The second kappa shape index (κ2) is 16.6. The lowest BCUT2D eigenvalue weighted by atomic mass is 9.95. The number of halogens is 2. The number of nitrogens with one attached hydrogen (secondary N) is 1. The van der Waals surface area contributed by atoms with E-state index in [2.05, 4.69) is 5.32 Å². The predicted molar refractivity (Wildman–Crippen MR) is 198 cm³/mol. The molecule has 0 spiro atoms. The molecule has 0 saturated carbocycles. The van der Waals surface area contributed by atoms with Gasteiger partial charge in [-0.25, -0.2) is 18.0 Å². The average molecular weight is 818 g/mol. The largest absolute Gasteiger partial charge is 0.511 e. The SMILES string of the molecule is CC1(C)OCC(COC(=O)OCOC(=O)[C@H](Cc2cccc(S(C)(=O)=O)c2)NC(=O)c2c(Cl)cc3c(c2Cl)CCN(C(=O)c2ccc4ccoc4c2)C3)CO1. The van der Waals surface area contributed by atoms with Crippen LogP contribution in [0.5, 0.6) is 0 Å². The van der Waals surface area contributed by atoms with E-state index in [4.69, 9.17) is 51.3 Å². The van der Waals surface area contributed by atoms with Crippen molar-refractivity contribution in [2.45, 2.75) is 50.0 Å². The minimum atomic E-state index is -3.60. The number of sulfone groups is 1. The zero-order valence-electron chi connectivity index (χ0n) is 30.1. The van der Waals surface area contributed by atoms with Crippen molar-refractivity contribution in [2.24, 2.45) is 5.92 Å². The van der Waals surface area contributed by atoms with Crippen LogP contribution in [0.2, 0.25) is 10.0 Å². The van der Waals surface area contributed by atoms with Gasteiger partial charge in [0.15, 0.2) is 15.6 Å². The minimum absolute atomic E-state index is 0.00155. The molecule has 14 nitrogen and oxygen atoms in total. The first-order valence-corrected chi connectivity index (χ1v) is 19.8. The maximum Gasteiger partial charge on any atom is 0.511 e. The van der Waals surface area contributed by atoms with E-state index < -0.39 is 46.5 Å². The van der Waals surface area contributed by atoms with Crippen molar-refractivity contribution in [1.82, 2.24) is 10.2 Å². The van der Waals surface area contributed by atoms with E-state index in [1.54, 1.807) is 61.4 Å². The molecule has 1 saturated heterocycles. The maximum absolute atomic E-state index is 13.8. The van der Waals surface area contributed by atoms with Gasteiger partial charge in [0, 0.05) is 42.6 Å². The number of furan rings is 1. The molecule has 0 unspecified atom stereocenters. The lowest BCUT2D eigenvalue weighted by Gasteiger charge is -2.34. The van der Waals surface area contributed by atoms with E-state index >= 15 is 0 Å². The fraction of sp³-hybridized carbons (Fsp3) is 0.368. The Balaban J connectivity index is 1.13. The van der Waals surface area contributed by atoms with Gasteiger partial charge in [-0.1, -0.05) is 41.4 Å². The third kappa shape index (κ3) is 9.77. The first-order chi connectivity index (χ1) is 26.1. The van der Waals surface area contributed by atoms with Crippen molar-refractivity contribution in [3.05, 3.63) is 98.7 Å². The smallest absolute Gasteiger partial charge is 0.464 e. The fourth-order valence-corrected chi connectivity index (χ4v) is 7.61. The quantitative estimate of drug-likeness (QED) is 0.144. The second-order valence-corrected chi connectivity index (χ2v) is 16.5. The van der Waals surface area contributed by atoms with E-state index in [-0.39, 0.29) is 51.9 Å². The highest BCUT2D eigenvalue weighted by atomic mass is 35.5. The molecule has 1 aromatic heterocycles. The number of amides is 2. The highest BCUT2D eigenvalue weighted by molar-refractivity contribution is 7.90. The molecule has 4 aromatic rings. The Kier molecular flexibility index (Phi) is 12.1. The van der Waals surface area contributed by atoms with Gasteiger partial charge in [-0.15, -0.1) is 0 Å². The number of benzene rings is 3. The van der Waals surface area contributed by atoms with Gasteiger partial charge in [0.05, 0.1) is 40.0 Å². The molecule has 0 aliphatic carbocycles. The maximum atomic E-state index is 13.8. The van der Waals surface area contributed by atoms with Crippen molar-refractivity contribution < 1.29 is 55.7 Å². The lowest BCUT2D eigenvalue weighted by Crippen LogP contribution is -2.44. The van der Waals surface area contributed by atoms with Gasteiger partial charge in [-0.2, -0.15) is 0 Å². The highest BCUT2D eigenvalue weighted by Gasteiger charge is 2.32. The van der Waals surface area contributed by atoms with E-state index in [1.165, 1.54) is 18.2 Å². The molecule has 17 heteroatoms. The molecule has 55 heavy (non-hydrogen) atoms. The van der Waals surface area contributed by atoms with Crippen LogP contribution >= 0.6 is 23.2 Å². The van der Waals surface area contributed by atoms with Crippen LogP contribution in [0.1, 0.15) is 51.3 Å². The van der Waals surface area contributed by atoms with Crippen LogP contribution in [0, 0.1) is 5.92 Å². The topological polar surface area (TPSA) is 177 Å². The van der Waals surface area contributed by atoms with Gasteiger partial charge >= 0.3 is 12.1 Å². The summed E-state index contributed by atoms with van der Waals surface area (Å²) < 4.78 is 56.2. The van der Waals surface area contributed by atoms with Crippen molar-refractivity contribution in [2.75, 3.05) is 39.4 Å². The number of carbonyl (C=O) groups is 4. The zero-order chi connectivity index (χ0) is 39.5. The van der Waals surface area contributed by atoms with Gasteiger partial charge in [0.2, 0.25) is 6.79 Å². The lowest BCUT2D eigenvalue weighted by molar-refractivity contribution is -0.265. The third-order valence-corrected chi connectivity index (χ3v) is 11.0. The van der Waals surface area contributed by atoms with E-state index in [9.17, 15) is 27.6 Å². The first kappa shape index (κ1) is 40.0. The number of fused-ring (bicyclic) bond motifs is 2. The number of hydrogen-bond acceptors (Lipinski definition) is 12. The summed E-state index contributed by atoms with van der Waals surface area (Å²) in [5, 5.41) is 3.50. The van der Waals surface area contributed by atoms with E-state index in [0.29, 0.717) is 54.0 Å². The number of esters is 1. The Morgan fingerprint density at radius 3 is 2.51 bits per heavy atom. The van der Waals surface area contributed by atoms with Crippen LogP contribution < -0.4 is 5.32 Å². The van der Waals surface area contributed by atoms with Crippen molar-refractivity contribution in [3.8, 4) is 0 Å². The summed E-state index contributed by atoms with van der Waals surface area (Å²) in [5.74, 6) is -2.99. The normalized spacial score (nSPS) is 16.2. The molecule has 0 radical (unpaired) electrons. The Bertz CT molecular complexity index is 2230. The standard InChI is InChI=1S/C38H38Cl2N2O12S/c1-38(2)53-19-23(20-54-38)18-50-37(46)52-21-51-36(45)30(14-22-5-4-6-27(13-22)55(3,47)48)41-34(43)32-29(39)15-26-17-42(11-9-28(26)33(32)40)35(44)25-8-7-24-10-12-49-31(24)16-25/h4-8,10,12-13,15-16,23,30H,9,11,14,17-21H2,1-3H3,(H,41,43)/t30-/m0/s1. The number of nitrogens with zero attached hydrogens (tertiary/aromatic N) is 1. The molecule has 1 atom stereocenters. The third-order valence-electron chi connectivity index (χ3n) is 9.13. The molecule has 3 aromatic carbocycles. The Hall–Kier alpha value is -4.67. The van der Waals surface area contributed by atoms with Gasteiger partial charge in [-0.3, -0.25) is 9.59 Å². The molecule has 292 valence electrons. The molecule has 3 heterocycles. The Morgan fingerprint density at radius 1 is 1.00 bits per heavy atom. The summed E-state index contributed by atoms with van der Waals surface area (Å²) in [6.45, 7) is 3.72. The number of hydrogen-bond donors (Lipinski definition) is 1. The van der Waals surface area contributed by atoms with Crippen LogP contribution in [0.25, 0.3) is 11.0 Å². The Labute approximate surface area is 326 Å². The fourth-order valence-electron chi connectivity index (χ4n) is 6.15. The van der Waals surface area contributed by atoms with Crippen LogP contribution in [0.4, 0.5) is 4.79 Å². The molecule has 0 bridgehead atoms. The molecular weight excluding hydrogens is 779 g/mol. The number of rotatable bonds is 11. The van der Waals surface area contributed by atoms with Gasteiger partial charge in [0.25, 0.3) is 11.8 Å². The number of carbonyl (C=O) groups excluding carboxylic acids is 4. The molecule has 1 fully saturated rings. The van der Waals surface area contributed by atoms with Crippen LogP contribution in [-0.4, -0.2) is 88.5 Å². The summed E-state index contributed by atoms with van der Waals surface area (Å²) in [4.78, 5) is 54.5. The summed E-state index contributed by atoms with van der Waals surface area (Å²) in [7, 11) is -3.60. The molecule has 6 rings (SSSR count). The molecule has 2 aliphatic rings. The van der Waals surface area contributed by atoms with Crippen LogP contribution in [0.3, 0.4) is 0 Å². The molecule has 2 aliphatic heterocycles. The van der Waals surface area contributed by atoms with Crippen LogP contribution in [0.15, 0.2) is 70.2 Å². The first-order valence-electron chi connectivity index (χ1n) is 17.2. The van der Waals surface area contributed by atoms with Crippen molar-refractivity contribution in [1.29, 1.82) is 0 Å². The molecule has 2 amide bonds. The summed E-state index contributed by atoms with van der Waals surface area (Å²) in [6.07, 6.45) is 1.59. The summed E-state index contributed by atoms with van der Waals surface area (Å²) >= 11 is 13.4. The van der Waals surface area contributed by atoms with Crippen molar-refractivity contribution >= 4 is 67.9 Å². The van der Waals surface area contributed by atoms with E-state index in [0.717, 1.165) is 11.6 Å². The molecule has 1 N–H and O–H groups in total. The van der Waals surface area contributed by atoms with Gasteiger partial charge < -0.3 is 38.3 Å². The zero-order valence-corrected chi connectivity index (χ0v) is 32.4. The number of ether oxygens (including phenoxy) is 5. The van der Waals surface area contributed by atoms with Gasteiger partial charge in [-0.05, 0) is 73.4 Å². The predicted octanol–water partition coefficient (Wildman–Crippen LogP) is 5.74. The average Bonchev–Trinajstić information content (AvgIpc) is 3.61. The second-order valence-electron chi connectivity index (χ2n) is 13.7.